The molecule has 1 N–H and O–H groups in total. The molecular formula is C29H41F2N3OS. The molecule has 0 atom stereocenters. The van der Waals surface area contributed by atoms with Crippen molar-refractivity contribution in [1.82, 2.24) is 9.80 Å². The van der Waals surface area contributed by atoms with Gasteiger partial charge in [0.1, 0.15) is 5.75 Å². The van der Waals surface area contributed by atoms with Crippen LogP contribution in [0.5, 0.6) is 5.75 Å². The first-order valence-corrected chi connectivity index (χ1v) is 13.5. The average Bonchev–Trinajstić information content (AvgIpc) is 2.85. The number of thiocarbonyl (C=S) groups is 1. The maximum atomic E-state index is 13.3. The molecule has 36 heavy (non-hydrogen) atoms. The second kappa shape index (κ2) is 13.3. The highest BCUT2D eigenvalue weighted by atomic mass is 32.1. The van der Waals surface area contributed by atoms with Crippen LogP contribution in [0, 0.1) is 11.6 Å². The maximum Gasteiger partial charge on any atom is 0.173 e. The third-order valence-corrected chi connectivity index (χ3v) is 7.45. The molecule has 0 unspecified atom stereocenters. The predicted octanol–water partition coefficient (Wildman–Crippen LogP) is 7.16. The third-order valence-electron chi connectivity index (χ3n) is 7.06. The Hall–Kier alpha value is -2.25. The second-order valence-corrected chi connectivity index (χ2v) is 10.8. The number of likely N-dealkylation sites (tertiary alicyclic amines) is 1. The van der Waals surface area contributed by atoms with E-state index in [0.29, 0.717) is 30.2 Å². The fourth-order valence-electron chi connectivity index (χ4n) is 4.78. The van der Waals surface area contributed by atoms with Crippen molar-refractivity contribution in [3.05, 3.63) is 59.2 Å². The van der Waals surface area contributed by atoms with E-state index in [4.69, 9.17) is 17.0 Å². The summed E-state index contributed by atoms with van der Waals surface area (Å²) < 4.78 is 31.8. The minimum absolute atomic E-state index is 0.374. The lowest BCUT2D eigenvalue weighted by Crippen LogP contribution is -2.47. The predicted molar refractivity (Wildman–Crippen MR) is 149 cm³/mol. The maximum absolute atomic E-state index is 13.3. The van der Waals surface area contributed by atoms with Gasteiger partial charge < -0.3 is 19.9 Å². The molecule has 3 rings (SSSR count). The first-order valence-electron chi connectivity index (χ1n) is 13.1. The number of unbranched alkanes of at least 4 members (excludes halogenated alkanes) is 1. The van der Waals surface area contributed by atoms with Crippen LogP contribution >= 0.6 is 12.2 Å². The molecule has 1 heterocycles. The van der Waals surface area contributed by atoms with E-state index in [0.717, 1.165) is 62.6 Å². The number of hydrogen-bond donors (Lipinski definition) is 1. The fraction of sp³-hybridized carbons (Fsp3) is 0.552. The SMILES string of the molecule is CC(C)c1cccc(C(C)C)c1NC(=S)N(C)C1CCN(CCCCOc2ccc(F)c(F)c2)CC1. The lowest BCUT2D eigenvalue weighted by atomic mass is 9.92. The van der Waals surface area contributed by atoms with Crippen LogP contribution in [0.15, 0.2) is 36.4 Å². The molecule has 0 amide bonds. The molecule has 1 aliphatic heterocycles. The summed E-state index contributed by atoms with van der Waals surface area (Å²) in [6, 6.07) is 10.6. The number of para-hydroxylation sites is 1. The van der Waals surface area contributed by atoms with Crippen molar-refractivity contribution in [3.8, 4) is 5.75 Å². The van der Waals surface area contributed by atoms with E-state index in [1.54, 1.807) is 0 Å². The van der Waals surface area contributed by atoms with Crippen molar-refractivity contribution in [2.45, 2.75) is 71.3 Å². The average molecular weight is 518 g/mol. The van der Waals surface area contributed by atoms with Crippen LogP contribution in [0.2, 0.25) is 0 Å². The minimum Gasteiger partial charge on any atom is -0.493 e. The molecule has 2 aromatic rings. The highest BCUT2D eigenvalue weighted by molar-refractivity contribution is 7.80. The molecule has 4 nitrogen and oxygen atoms in total. The molecule has 0 saturated carbocycles. The Morgan fingerprint density at radius 2 is 1.67 bits per heavy atom. The summed E-state index contributed by atoms with van der Waals surface area (Å²) in [7, 11) is 2.11. The van der Waals surface area contributed by atoms with Crippen molar-refractivity contribution in [2.24, 2.45) is 0 Å². The van der Waals surface area contributed by atoms with Crippen LogP contribution in [-0.4, -0.2) is 54.2 Å². The van der Waals surface area contributed by atoms with Gasteiger partial charge in [-0.3, -0.25) is 0 Å². The van der Waals surface area contributed by atoms with Crippen molar-refractivity contribution in [3.63, 3.8) is 0 Å². The lowest BCUT2D eigenvalue weighted by Gasteiger charge is -2.38. The Balaban J connectivity index is 1.42. The fourth-order valence-corrected chi connectivity index (χ4v) is 5.03. The summed E-state index contributed by atoms with van der Waals surface area (Å²) in [5.41, 5.74) is 3.78. The molecule has 0 radical (unpaired) electrons. The minimum atomic E-state index is -0.875. The zero-order valence-electron chi connectivity index (χ0n) is 22.3. The summed E-state index contributed by atoms with van der Waals surface area (Å²) >= 11 is 5.86. The number of hydrogen-bond acceptors (Lipinski definition) is 3. The van der Waals surface area contributed by atoms with Gasteiger partial charge in [0, 0.05) is 37.9 Å². The number of nitrogens with zero attached hydrogens (tertiary/aromatic N) is 2. The van der Waals surface area contributed by atoms with Gasteiger partial charge in [-0.05, 0) is 79.5 Å². The molecule has 198 valence electrons. The van der Waals surface area contributed by atoms with E-state index < -0.39 is 11.6 Å². The van der Waals surface area contributed by atoms with Crippen molar-refractivity contribution in [2.75, 3.05) is 38.6 Å². The Labute approximate surface area is 221 Å². The highest BCUT2D eigenvalue weighted by Crippen LogP contribution is 2.33. The van der Waals surface area contributed by atoms with Crippen LogP contribution in [0.1, 0.15) is 76.3 Å². The van der Waals surface area contributed by atoms with Crippen molar-refractivity contribution < 1.29 is 13.5 Å². The summed E-state index contributed by atoms with van der Waals surface area (Å²) in [6.07, 6.45) is 4.04. The number of rotatable bonds is 10. The Morgan fingerprint density at radius 3 is 2.25 bits per heavy atom. The summed E-state index contributed by atoms with van der Waals surface area (Å²) in [5, 5.41) is 4.39. The molecule has 1 saturated heterocycles. The molecule has 1 fully saturated rings. The largest absolute Gasteiger partial charge is 0.493 e. The van der Waals surface area contributed by atoms with Crippen molar-refractivity contribution >= 4 is 23.0 Å². The number of halogens is 2. The van der Waals surface area contributed by atoms with Crippen LogP contribution in [0.4, 0.5) is 14.5 Å². The van der Waals surface area contributed by atoms with Crippen LogP contribution < -0.4 is 10.1 Å². The number of nitrogens with one attached hydrogen (secondary N) is 1. The molecule has 1 aliphatic rings. The van der Waals surface area contributed by atoms with Gasteiger partial charge in [0.05, 0.1) is 6.61 Å². The standard InChI is InChI=1S/C29H41F2N3OS/c1-20(2)24-9-8-10-25(21(3)4)28(24)32-29(36)33(5)22-13-16-34(17-14-22)15-6-7-18-35-23-11-12-26(30)27(31)19-23/h8-12,19-22H,6-7,13-18H2,1-5H3,(H,32,36). The third kappa shape index (κ3) is 7.62. The molecular weight excluding hydrogens is 476 g/mol. The van der Waals surface area contributed by atoms with E-state index in [1.807, 2.05) is 0 Å². The molecule has 0 aromatic heterocycles. The van der Waals surface area contributed by atoms with E-state index in [9.17, 15) is 8.78 Å². The van der Waals surface area contributed by atoms with Gasteiger partial charge in [-0.15, -0.1) is 0 Å². The Kier molecular flexibility index (Phi) is 10.5. The van der Waals surface area contributed by atoms with Gasteiger partial charge in [-0.25, -0.2) is 8.78 Å². The van der Waals surface area contributed by atoms with Gasteiger partial charge in [-0.1, -0.05) is 45.9 Å². The number of benzene rings is 2. The smallest absolute Gasteiger partial charge is 0.173 e. The summed E-state index contributed by atoms with van der Waals surface area (Å²) in [5.74, 6) is -0.512. The molecule has 0 bridgehead atoms. The first kappa shape index (κ1) is 28.3. The number of piperidine rings is 1. The zero-order chi connectivity index (χ0) is 26.2. The van der Waals surface area contributed by atoms with Gasteiger partial charge in [0.15, 0.2) is 16.7 Å². The van der Waals surface area contributed by atoms with Crippen LogP contribution in [0.3, 0.4) is 0 Å². The second-order valence-electron chi connectivity index (χ2n) is 10.4. The molecule has 0 aliphatic carbocycles. The number of anilines is 1. The monoisotopic (exact) mass is 517 g/mol. The normalized spacial score (nSPS) is 14.9. The van der Waals surface area contributed by atoms with Crippen LogP contribution in [0.25, 0.3) is 0 Å². The lowest BCUT2D eigenvalue weighted by molar-refractivity contribution is 0.161. The molecule has 2 aromatic carbocycles. The summed E-state index contributed by atoms with van der Waals surface area (Å²) in [4.78, 5) is 4.73. The highest BCUT2D eigenvalue weighted by Gasteiger charge is 2.25. The van der Waals surface area contributed by atoms with Crippen molar-refractivity contribution in [1.29, 1.82) is 0 Å². The first-order chi connectivity index (χ1) is 17.2. The number of ether oxygens (including phenoxy) is 1. The topological polar surface area (TPSA) is 27.7 Å². The van der Waals surface area contributed by atoms with Gasteiger partial charge >= 0.3 is 0 Å². The van der Waals surface area contributed by atoms with Crippen LogP contribution in [-0.2, 0) is 0 Å². The van der Waals surface area contributed by atoms with Gasteiger partial charge in [-0.2, -0.15) is 0 Å². The van der Waals surface area contributed by atoms with E-state index in [1.165, 1.54) is 22.9 Å². The van der Waals surface area contributed by atoms with E-state index in [2.05, 4.69) is 68.1 Å². The Morgan fingerprint density at radius 1 is 1.03 bits per heavy atom. The van der Waals surface area contributed by atoms with E-state index >= 15 is 0 Å². The van der Waals surface area contributed by atoms with Gasteiger partial charge in [0.2, 0.25) is 0 Å². The molecule has 7 heteroatoms. The van der Waals surface area contributed by atoms with Gasteiger partial charge in [0.25, 0.3) is 0 Å². The quantitative estimate of drug-likeness (QED) is 0.267. The Bertz CT molecular complexity index is 980. The zero-order valence-corrected chi connectivity index (χ0v) is 23.1. The molecule has 0 spiro atoms. The summed E-state index contributed by atoms with van der Waals surface area (Å²) in [6.45, 7) is 12.5. The van der Waals surface area contributed by atoms with E-state index in [-0.39, 0.29) is 0 Å².